The molecule has 0 unspecified atom stereocenters. The van der Waals surface area contributed by atoms with E-state index in [0.29, 0.717) is 109 Å². The molecule has 4 fully saturated rings. The van der Waals surface area contributed by atoms with Crippen molar-refractivity contribution in [3.05, 3.63) is 139 Å². The topological polar surface area (TPSA) is 168 Å². The predicted octanol–water partition coefficient (Wildman–Crippen LogP) is 7.13. The first-order valence-electron chi connectivity index (χ1n) is 25.1. The van der Waals surface area contributed by atoms with Gasteiger partial charge in [0, 0.05) is 67.6 Å². The Balaban J connectivity index is 0.917. The molecule has 5 aromatic heterocycles. The van der Waals surface area contributed by atoms with Gasteiger partial charge in [0.2, 0.25) is 0 Å². The van der Waals surface area contributed by atoms with E-state index in [4.69, 9.17) is 19.1 Å². The highest BCUT2D eigenvalue weighted by Gasteiger charge is 2.54. The van der Waals surface area contributed by atoms with Crippen LogP contribution in [0, 0.1) is 25.5 Å². The molecule has 1 amide bonds. The number of imidazole rings is 1. The van der Waals surface area contributed by atoms with Crippen LogP contribution >= 0.6 is 0 Å². The first kappa shape index (κ1) is 44.9. The Morgan fingerprint density at radius 3 is 2.42 bits per heavy atom. The number of halogens is 2. The number of rotatable bonds is 10. The van der Waals surface area contributed by atoms with Gasteiger partial charge in [0.05, 0.1) is 65.6 Å². The number of amides is 1. The van der Waals surface area contributed by atoms with E-state index in [1.807, 2.05) is 15.5 Å². The number of aryl methyl sites for hydroxylation is 2. The number of carbonyl (C=O) groups is 1. The highest BCUT2D eigenvalue weighted by Crippen LogP contribution is 2.53. The van der Waals surface area contributed by atoms with Crippen molar-refractivity contribution < 1.29 is 27.6 Å². The first-order valence-corrected chi connectivity index (χ1v) is 25.1. The molecule has 5 aliphatic rings. The first-order chi connectivity index (χ1) is 34.8. The summed E-state index contributed by atoms with van der Waals surface area (Å²) in [5.74, 6) is -0.756. The molecule has 8 aromatic rings. The zero-order valence-corrected chi connectivity index (χ0v) is 40.7. The average molecular weight is 980 g/mol. The monoisotopic (exact) mass is 979 g/mol. The van der Waals surface area contributed by atoms with E-state index in [1.54, 1.807) is 59.9 Å². The Bertz CT molecular complexity index is 3600. The molecule has 13 rings (SSSR count). The van der Waals surface area contributed by atoms with Crippen LogP contribution in [0.25, 0.3) is 39.0 Å². The number of hydrogen-bond donors (Lipinski definition) is 1. The van der Waals surface area contributed by atoms with E-state index in [0.717, 1.165) is 49.1 Å². The summed E-state index contributed by atoms with van der Waals surface area (Å²) in [5.41, 5.74) is 4.31. The van der Waals surface area contributed by atoms with E-state index in [-0.39, 0.29) is 35.0 Å². The van der Waals surface area contributed by atoms with Crippen molar-refractivity contribution in [2.24, 2.45) is 0 Å². The van der Waals surface area contributed by atoms with Crippen LogP contribution in [0.5, 0.6) is 0 Å². The third kappa shape index (κ3) is 7.09. The number of aromatic nitrogens is 9. The maximum atomic E-state index is 16.7. The molecular formula is C53H55F2N11O6. The van der Waals surface area contributed by atoms with Crippen LogP contribution in [-0.2, 0) is 28.0 Å². The fourth-order valence-electron chi connectivity index (χ4n) is 12.4. The number of H-pyrrole nitrogens is 1. The van der Waals surface area contributed by atoms with Gasteiger partial charge in [0.25, 0.3) is 5.91 Å². The number of hydrogen-bond acceptors (Lipinski definition) is 10. The van der Waals surface area contributed by atoms with Gasteiger partial charge < -0.3 is 18.9 Å². The van der Waals surface area contributed by atoms with Crippen LogP contribution in [0.3, 0.4) is 0 Å². The van der Waals surface area contributed by atoms with Gasteiger partial charge in [0.15, 0.2) is 11.6 Å². The van der Waals surface area contributed by atoms with Crippen molar-refractivity contribution in [1.82, 2.24) is 53.2 Å². The third-order valence-corrected chi connectivity index (χ3v) is 16.1. The molecule has 0 radical (unpaired) electrons. The second-order valence-corrected chi connectivity index (χ2v) is 21.1. The van der Waals surface area contributed by atoms with Crippen molar-refractivity contribution >= 4 is 27.7 Å². The highest BCUT2D eigenvalue weighted by atomic mass is 19.1. The maximum Gasteiger partial charge on any atom is 0.438 e. The fourth-order valence-corrected chi connectivity index (χ4v) is 12.4. The molecule has 3 saturated heterocycles. The summed E-state index contributed by atoms with van der Waals surface area (Å²) >= 11 is 0. The summed E-state index contributed by atoms with van der Waals surface area (Å²) in [4.78, 5) is 50.3. The normalized spacial score (nSPS) is 21.5. The van der Waals surface area contributed by atoms with E-state index >= 15 is 18.4 Å². The van der Waals surface area contributed by atoms with Crippen LogP contribution in [0.15, 0.2) is 81.2 Å². The van der Waals surface area contributed by atoms with Crippen LogP contribution in [0.2, 0.25) is 0 Å². The number of ether oxygens (including phenoxy) is 2. The van der Waals surface area contributed by atoms with Crippen molar-refractivity contribution in [3.8, 4) is 17.2 Å². The third-order valence-electron chi connectivity index (χ3n) is 16.1. The number of aromatic amines is 1. The molecule has 9 heterocycles. The molecule has 1 N–H and O–H groups in total. The molecule has 3 aromatic carbocycles. The van der Waals surface area contributed by atoms with Gasteiger partial charge in [-0.3, -0.25) is 33.0 Å². The van der Waals surface area contributed by atoms with Crippen molar-refractivity contribution in [1.29, 1.82) is 0 Å². The lowest BCUT2D eigenvalue weighted by molar-refractivity contribution is -0.0592. The Morgan fingerprint density at radius 1 is 0.889 bits per heavy atom. The van der Waals surface area contributed by atoms with Crippen molar-refractivity contribution in [2.75, 3.05) is 39.5 Å². The van der Waals surface area contributed by atoms with E-state index in [2.05, 4.69) is 52.2 Å². The lowest BCUT2D eigenvalue weighted by Crippen LogP contribution is -2.43. The summed E-state index contributed by atoms with van der Waals surface area (Å²) in [5, 5.41) is 15.1. The van der Waals surface area contributed by atoms with Gasteiger partial charge in [-0.1, -0.05) is 11.2 Å². The zero-order valence-electron chi connectivity index (χ0n) is 40.7. The molecule has 19 heteroatoms. The molecule has 0 spiro atoms. The highest BCUT2D eigenvalue weighted by molar-refractivity contribution is 6.00. The van der Waals surface area contributed by atoms with Gasteiger partial charge in [-0.05, 0) is 131 Å². The molecule has 4 aliphatic heterocycles. The Morgan fingerprint density at radius 2 is 1.67 bits per heavy atom. The Hall–Kier alpha value is -6.96. The minimum Gasteiger partial charge on any atom is -0.379 e. The lowest BCUT2D eigenvalue weighted by Gasteiger charge is -2.35. The quantitative estimate of drug-likeness (QED) is 0.149. The summed E-state index contributed by atoms with van der Waals surface area (Å²) in [7, 11) is 0. The Kier molecular flexibility index (Phi) is 10.3. The summed E-state index contributed by atoms with van der Waals surface area (Å²) in [6.45, 7) is 12.6. The summed E-state index contributed by atoms with van der Waals surface area (Å²) in [6.07, 6.45) is 9.33. The fraction of sp³-hybridized carbons (Fsp3) is 0.434. The predicted molar refractivity (Wildman–Crippen MR) is 261 cm³/mol. The molecular weight excluding hydrogens is 925 g/mol. The second kappa shape index (κ2) is 16.5. The van der Waals surface area contributed by atoms with Crippen LogP contribution in [0.1, 0.15) is 109 Å². The van der Waals surface area contributed by atoms with Gasteiger partial charge in [0.1, 0.15) is 22.9 Å². The number of morpholine rings is 1. The van der Waals surface area contributed by atoms with Crippen molar-refractivity contribution in [3.63, 3.8) is 0 Å². The van der Waals surface area contributed by atoms with Gasteiger partial charge >= 0.3 is 11.4 Å². The number of carbonyl (C=O) groups excluding carboxylic acids is 1. The van der Waals surface area contributed by atoms with Gasteiger partial charge in [-0.25, -0.2) is 23.1 Å². The lowest BCUT2D eigenvalue weighted by atomic mass is 9.83. The van der Waals surface area contributed by atoms with Crippen molar-refractivity contribution in [2.45, 2.75) is 108 Å². The van der Waals surface area contributed by atoms with E-state index < -0.39 is 28.8 Å². The minimum atomic E-state index is -0.814. The van der Waals surface area contributed by atoms with Gasteiger partial charge in [-0.2, -0.15) is 10.2 Å². The number of benzene rings is 3. The molecule has 1 aliphatic carbocycles. The van der Waals surface area contributed by atoms with Crippen LogP contribution in [-0.4, -0.2) is 110 Å². The van der Waals surface area contributed by atoms with Crippen LogP contribution < -0.4 is 11.4 Å². The average Bonchev–Trinajstić information content (AvgIpc) is 3.97. The standard InChI is InChI=1S/C53H55F2N11O6/c1-30-23-36(24-31(2)45(30)54)66-47(62-16-15-61(51(62)69)42-10-9-40-37(46(42)55)29-56-63(40)17-14-60-18-21-70-22-19-60)44-38(58-66)27-35-6-8-41(44)64(35)48(67)43-26-34-25-32(33-11-20-71-52(3,4)28-33)5-7-39(34)65(43)53(12-13-53)49-57-50(68)72-59-49/h5,7,9-10,15-16,23-26,29,33,35,41H,6,8,11-14,17-22,27-28H2,1-4H3,(H,57,59,68)/t33-,35+,41-/m0/s1. The number of fused-ring (bicyclic) bond motifs is 6. The molecule has 1 saturated carbocycles. The van der Waals surface area contributed by atoms with E-state index in [9.17, 15) is 4.79 Å². The van der Waals surface area contributed by atoms with Crippen LogP contribution in [0.4, 0.5) is 8.78 Å². The molecule has 2 bridgehead atoms. The largest absolute Gasteiger partial charge is 0.438 e. The second-order valence-electron chi connectivity index (χ2n) is 21.1. The number of nitrogens with one attached hydrogen (secondary N) is 1. The molecule has 3 atom stereocenters. The molecule has 72 heavy (non-hydrogen) atoms. The summed E-state index contributed by atoms with van der Waals surface area (Å²) in [6, 6.07) is 14.4. The molecule has 372 valence electrons. The minimum absolute atomic E-state index is 0.0593. The summed E-state index contributed by atoms with van der Waals surface area (Å²) < 4.78 is 56.9. The van der Waals surface area contributed by atoms with Gasteiger partial charge in [-0.15, -0.1) is 0 Å². The zero-order chi connectivity index (χ0) is 49.4. The Labute approximate surface area is 411 Å². The van der Waals surface area contributed by atoms with E-state index in [1.165, 1.54) is 20.9 Å². The molecule has 17 nitrogen and oxygen atoms in total. The SMILES string of the molecule is Cc1cc(-n2nc3c(c2-n2ccn(-c4ccc5c(cnn5CCN5CCOCC5)c4F)c2=O)[C@@H]2CC[C@H](C3)N2C(=O)c2cc3cc([C@H]4CCOC(C)(C)C4)ccc3n2C2(c3noc(=O)[nH]3)CC2)cc(C)c1F. The maximum absolute atomic E-state index is 16.7. The number of nitrogens with zero attached hydrogens (tertiary/aromatic N) is 10. The smallest absolute Gasteiger partial charge is 0.379 e.